The van der Waals surface area contributed by atoms with E-state index in [2.05, 4.69) is 10.00 Å². The van der Waals surface area contributed by atoms with Gasteiger partial charge in [0.2, 0.25) is 0 Å². The van der Waals surface area contributed by atoms with Crippen LogP contribution in [0.5, 0.6) is 0 Å². The average molecular weight is 339 g/mol. The first-order valence-corrected chi connectivity index (χ1v) is 8.69. The molecule has 3 aromatic rings. The van der Waals surface area contributed by atoms with Gasteiger partial charge in [-0.1, -0.05) is 18.2 Å². The molecule has 25 heavy (non-hydrogen) atoms. The van der Waals surface area contributed by atoms with Crippen molar-refractivity contribution in [1.29, 1.82) is 0 Å². The van der Waals surface area contributed by atoms with Crippen LogP contribution in [0, 0.1) is 12.7 Å². The number of aromatic nitrogens is 3. The highest BCUT2D eigenvalue weighted by Crippen LogP contribution is 2.28. The predicted octanol–water partition coefficient (Wildman–Crippen LogP) is 3.14. The second kappa shape index (κ2) is 6.44. The molecule has 2 aromatic heterocycles. The molecule has 1 saturated heterocycles. The van der Waals surface area contributed by atoms with Crippen molar-refractivity contribution < 1.29 is 4.39 Å². The van der Waals surface area contributed by atoms with Gasteiger partial charge >= 0.3 is 0 Å². The number of hydrogen-bond acceptors (Lipinski definition) is 4. The van der Waals surface area contributed by atoms with E-state index in [1.165, 1.54) is 6.07 Å². The Morgan fingerprint density at radius 1 is 1.28 bits per heavy atom. The first-order valence-electron chi connectivity index (χ1n) is 8.69. The minimum absolute atomic E-state index is 0.136. The molecule has 0 amide bonds. The third-order valence-electron chi connectivity index (χ3n) is 4.87. The molecule has 0 radical (unpaired) electrons. The summed E-state index contributed by atoms with van der Waals surface area (Å²) in [6.07, 6.45) is 2.15. The van der Waals surface area contributed by atoms with Gasteiger partial charge in [-0.15, -0.1) is 0 Å². The number of aryl methyl sites for hydroxylation is 1. The SMILES string of the molecule is Cc1cc2nc([C@@H]3CCCN(Cc4ccccc4F)C3)cc(N)n2n1. The van der Waals surface area contributed by atoms with Crippen molar-refractivity contribution in [2.24, 2.45) is 0 Å². The second-order valence-electron chi connectivity index (χ2n) is 6.83. The number of hydrogen-bond donors (Lipinski definition) is 1. The summed E-state index contributed by atoms with van der Waals surface area (Å²) in [6, 6.07) is 10.9. The highest BCUT2D eigenvalue weighted by atomic mass is 19.1. The van der Waals surface area contributed by atoms with E-state index >= 15 is 0 Å². The second-order valence-corrected chi connectivity index (χ2v) is 6.83. The molecule has 0 bridgehead atoms. The Morgan fingerprint density at radius 2 is 2.12 bits per heavy atom. The molecule has 2 N–H and O–H groups in total. The topological polar surface area (TPSA) is 59.5 Å². The third-order valence-corrected chi connectivity index (χ3v) is 4.87. The summed E-state index contributed by atoms with van der Waals surface area (Å²) in [5, 5.41) is 4.36. The summed E-state index contributed by atoms with van der Waals surface area (Å²) in [5.74, 6) is 0.783. The zero-order valence-corrected chi connectivity index (χ0v) is 14.3. The number of nitrogen functional groups attached to an aromatic ring is 1. The van der Waals surface area contributed by atoms with Gasteiger partial charge in [-0.05, 0) is 32.4 Å². The number of fused-ring (bicyclic) bond motifs is 1. The largest absolute Gasteiger partial charge is 0.384 e. The van der Waals surface area contributed by atoms with Crippen LogP contribution in [0.3, 0.4) is 0 Å². The normalized spacial score (nSPS) is 18.7. The van der Waals surface area contributed by atoms with E-state index in [1.54, 1.807) is 10.6 Å². The van der Waals surface area contributed by atoms with Crippen molar-refractivity contribution in [3.05, 3.63) is 59.2 Å². The lowest BCUT2D eigenvalue weighted by molar-refractivity contribution is 0.196. The molecule has 1 aliphatic rings. The van der Waals surface area contributed by atoms with Gasteiger partial charge in [0, 0.05) is 36.7 Å². The van der Waals surface area contributed by atoms with Crippen molar-refractivity contribution in [2.45, 2.75) is 32.2 Å². The number of rotatable bonds is 3. The number of benzene rings is 1. The number of anilines is 1. The zero-order chi connectivity index (χ0) is 17.4. The monoisotopic (exact) mass is 339 g/mol. The number of likely N-dealkylation sites (tertiary alicyclic amines) is 1. The minimum Gasteiger partial charge on any atom is -0.384 e. The fourth-order valence-corrected chi connectivity index (χ4v) is 3.65. The predicted molar refractivity (Wildman–Crippen MR) is 95.8 cm³/mol. The Bertz CT molecular complexity index is 904. The Kier molecular flexibility index (Phi) is 4.13. The summed E-state index contributed by atoms with van der Waals surface area (Å²) in [6.45, 7) is 4.41. The number of nitrogens with two attached hydrogens (primary N) is 1. The summed E-state index contributed by atoms with van der Waals surface area (Å²) in [5.41, 5.74) is 9.60. The van der Waals surface area contributed by atoms with E-state index in [0.717, 1.165) is 48.5 Å². The fraction of sp³-hybridized carbons (Fsp3) is 0.368. The van der Waals surface area contributed by atoms with Gasteiger partial charge in [-0.25, -0.2) is 9.37 Å². The fourth-order valence-electron chi connectivity index (χ4n) is 3.65. The van der Waals surface area contributed by atoms with Gasteiger partial charge in [0.25, 0.3) is 0 Å². The van der Waals surface area contributed by atoms with Crippen LogP contribution >= 0.6 is 0 Å². The lowest BCUT2D eigenvalue weighted by Gasteiger charge is -2.32. The van der Waals surface area contributed by atoms with Crippen LogP contribution in [0.15, 0.2) is 36.4 Å². The maximum Gasteiger partial charge on any atom is 0.157 e. The molecular weight excluding hydrogens is 317 g/mol. The van der Waals surface area contributed by atoms with E-state index in [4.69, 9.17) is 10.7 Å². The van der Waals surface area contributed by atoms with E-state index in [-0.39, 0.29) is 5.82 Å². The maximum absolute atomic E-state index is 13.9. The lowest BCUT2D eigenvalue weighted by Crippen LogP contribution is -2.34. The van der Waals surface area contributed by atoms with Gasteiger partial charge < -0.3 is 5.73 Å². The van der Waals surface area contributed by atoms with Crippen molar-refractivity contribution in [1.82, 2.24) is 19.5 Å². The van der Waals surface area contributed by atoms with Crippen molar-refractivity contribution >= 4 is 11.5 Å². The molecule has 0 unspecified atom stereocenters. The average Bonchev–Trinajstić information content (AvgIpc) is 2.98. The molecule has 130 valence electrons. The first-order chi connectivity index (χ1) is 12.1. The van der Waals surface area contributed by atoms with E-state index in [9.17, 15) is 4.39 Å². The van der Waals surface area contributed by atoms with Gasteiger partial charge in [-0.3, -0.25) is 4.90 Å². The van der Waals surface area contributed by atoms with E-state index in [0.29, 0.717) is 18.3 Å². The molecule has 0 aliphatic carbocycles. The zero-order valence-electron chi connectivity index (χ0n) is 14.3. The number of halogens is 1. The molecule has 1 aliphatic heterocycles. The van der Waals surface area contributed by atoms with Gasteiger partial charge in [-0.2, -0.15) is 9.61 Å². The summed E-state index contributed by atoms with van der Waals surface area (Å²) < 4.78 is 15.6. The molecule has 1 atom stereocenters. The first kappa shape index (κ1) is 16.0. The highest BCUT2D eigenvalue weighted by Gasteiger charge is 2.24. The molecular formula is C19H22FN5. The summed E-state index contributed by atoms with van der Waals surface area (Å²) >= 11 is 0. The van der Waals surface area contributed by atoms with Crippen LogP contribution in [0.1, 0.15) is 35.7 Å². The van der Waals surface area contributed by atoms with Crippen LogP contribution in [-0.2, 0) is 6.54 Å². The molecule has 3 heterocycles. The lowest BCUT2D eigenvalue weighted by atomic mass is 9.94. The van der Waals surface area contributed by atoms with Gasteiger partial charge in [0.1, 0.15) is 11.6 Å². The molecule has 4 rings (SSSR count). The quantitative estimate of drug-likeness (QED) is 0.796. The Labute approximate surface area is 146 Å². The standard InChI is InChI=1S/C19H22FN5/c1-13-9-19-22-17(10-18(21)25(19)23-13)15-6-4-8-24(12-15)11-14-5-2-3-7-16(14)20/h2-3,5,7,9-10,15H,4,6,8,11-12,21H2,1H3/t15-/m1/s1. The van der Waals surface area contributed by atoms with Crippen molar-refractivity contribution in [3.63, 3.8) is 0 Å². The van der Waals surface area contributed by atoms with Crippen LogP contribution in [0.2, 0.25) is 0 Å². The molecule has 1 aromatic carbocycles. The Morgan fingerprint density at radius 3 is 2.96 bits per heavy atom. The van der Waals surface area contributed by atoms with Gasteiger partial charge in [0.05, 0.1) is 11.4 Å². The number of piperidine rings is 1. The molecule has 6 heteroatoms. The van der Waals surface area contributed by atoms with Crippen molar-refractivity contribution in [2.75, 3.05) is 18.8 Å². The van der Waals surface area contributed by atoms with Crippen LogP contribution in [0.25, 0.3) is 5.65 Å². The highest BCUT2D eigenvalue weighted by molar-refractivity contribution is 5.48. The van der Waals surface area contributed by atoms with Crippen LogP contribution < -0.4 is 5.73 Å². The number of nitrogens with zero attached hydrogens (tertiary/aromatic N) is 4. The van der Waals surface area contributed by atoms with E-state index < -0.39 is 0 Å². The summed E-state index contributed by atoms with van der Waals surface area (Å²) in [7, 11) is 0. The summed E-state index contributed by atoms with van der Waals surface area (Å²) in [4.78, 5) is 7.06. The smallest absolute Gasteiger partial charge is 0.157 e. The molecule has 1 fully saturated rings. The molecule has 5 nitrogen and oxygen atoms in total. The molecule has 0 spiro atoms. The van der Waals surface area contributed by atoms with Crippen LogP contribution in [-0.4, -0.2) is 32.6 Å². The Hall–Kier alpha value is -2.47. The minimum atomic E-state index is -0.136. The van der Waals surface area contributed by atoms with Gasteiger partial charge in [0.15, 0.2) is 5.65 Å². The van der Waals surface area contributed by atoms with Crippen molar-refractivity contribution in [3.8, 4) is 0 Å². The van der Waals surface area contributed by atoms with Crippen LogP contribution in [0.4, 0.5) is 10.2 Å². The van der Waals surface area contributed by atoms with E-state index in [1.807, 2.05) is 31.2 Å². The Balaban J connectivity index is 1.56. The maximum atomic E-state index is 13.9. The molecule has 0 saturated carbocycles. The third kappa shape index (κ3) is 3.22.